The van der Waals surface area contributed by atoms with Crippen molar-refractivity contribution >= 4 is 26.8 Å². The summed E-state index contributed by atoms with van der Waals surface area (Å²) in [6, 6.07) is 11.8. The third-order valence-corrected chi connectivity index (χ3v) is 5.11. The van der Waals surface area contributed by atoms with Crippen LogP contribution in [0.3, 0.4) is 0 Å². The molecule has 0 unspecified atom stereocenters. The number of aromatic nitrogens is 2. The lowest BCUT2D eigenvalue weighted by molar-refractivity contribution is 0.299. The molecule has 0 bridgehead atoms. The molecule has 0 amide bonds. The Morgan fingerprint density at radius 1 is 1.26 bits per heavy atom. The molecular weight excluding hydrogens is 312 g/mol. The van der Waals surface area contributed by atoms with Crippen LogP contribution in [0.25, 0.3) is 16.8 Å². The predicted molar refractivity (Wildman–Crippen MR) is 89.4 cm³/mol. The highest BCUT2D eigenvalue weighted by Crippen LogP contribution is 2.23. The van der Waals surface area contributed by atoms with Crippen molar-refractivity contribution in [2.75, 3.05) is 6.61 Å². The number of fused-ring (bicyclic) bond motifs is 1. The van der Waals surface area contributed by atoms with Gasteiger partial charge in [0.1, 0.15) is 5.76 Å². The highest BCUT2D eigenvalue weighted by atomic mass is 32.2. The molecule has 2 heterocycles. The van der Waals surface area contributed by atoms with Crippen LogP contribution in [0.4, 0.5) is 0 Å². The molecule has 0 aliphatic rings. The van der Waals surface area contributed by atoms with Crippen molar-refractivity contribution in [2.24, 2.45) is 0 Å². The first-order valence-electron chi connectivity index (χ1n) is 7.14. The second-order valence-corrected chi connectivity index (χ2v) is 6.74. The van der Waals surface area contributed by atoms with Gasteiger partial charge in [-0.05, 0) is 31.2 Å². The normalized spacial score (nSPS) is 11.5. The maximum Gasteiger partial charge on any atom is 0.269 e. The lowest BCUT2D eigenvalue weighted by atomic mass is 10.2. The highest BCUT2D eigenvalue weighted by molar-refractivity contribution is 7.90. The van der Waals surface area contributed by atoms with E-state index in [1.54, 1.807) is 42.6 Å². The summed E-state index contributed by atoms with van der Waals surface area (Å²) in [5.74, 6) is 0.514. The first kappa shape index (κ1) is 15.3. The predicted octanol–water partition coefficient (Wildman–Crippen LogP) is 3.28. The van der Waals surface area contributed by atoms with Crippen LogP contribution in [-0.4, -0.2) is 24.0 Å². The maximum absolute atomic E-state index is 12.7. The number of ether oxygens (including phenoxy) is 1. The summed E-state index contributed by atoms with van der Waals surface area (Å²) in [6.07, 6.45) is 3.07. The Labute approximate surface area is 134 Å². The van der Waals surface area contributed by atoms with E-state index in [0.717, 1.165) is 5.56 Å². The largest absolute Gasteiger partial charge is 0.494 e. The van der Waals surface area contributed by atoms with Gasteiger partial charge >= 0.3 is 0 Å². The van der Waals surface area contributed by atoms with Gasteiger partial charge in [0.2, 0.25) is 0 Å². The summed E-state index contributed by atoms with van der Waals surface area (Å²) in [6.45, 7) is 6.23. The van der Waals surface area contributed by atoms with Crippen molar-refractivity contribution in [3.05, 3.63) is 67.0 Å². The molecule has 0 atom stereocenters. The average Bonchev–Trinajstić information content (AvgIpc) is 2.99. The Morgan fingerprint density at radius 2 is 2.00 bits per heavy atom. The van der Waals surface area contributed by atoms with Gasteiger partial charge in [0.25, 0.3) is 10.0 Å². The minimum atomic E-state index is -3.67. The monoisotopic (exact) mass is 328 g/mol. The molecule has 0 spiro atoms. The van der Waals surface area contributed by atoms with Crippen molar-refractivity contribution in [1.29, 1.82) is 0 Å². The van der Waals surface area contributed by atoms with Crippen LogP contribution in [0, 0.1) is 0 Å². The number of hydrogen-bond acceptors (Lipinski definition) is 4. The number of rotatable bonds is 5. The molecule has 0 aliphatic carbocycles. The van der Waals surface area contributed by atoms with Crippen LogP contribution in [0.2, 0.25) is 0 Å². The van der Waals surface area contributed by atoms with Crippen molar-refractivity contribution in [3.8, 4) is 0 Å². The van der Waals surface area contributed by atoms with Gasteiger partial charge in [-0.3, -0.25) is 0 Å². The van der Waals surface area contributed by atoms with E-state index in [9.17, 15) is 8.42 Å². The van der Waals surface area contributed by atoms with Gasteiger partial charge in [-0.25, -0.2) is 17.4 Å². The summed E-state index contributed by atoms with van der Waals surface area (Å²) in [4.78, 5) is 4.50. The van der Waals surface area contributed by atoms with E-state index in [-0.39, 0.29) is 4.90 Å². The third kappa shape index (κ3) is 2.73. The number of hydrogen-bond donors (Lipinski definition) is 0. The fourth-order valence-corrected chi connectivity index (χ4v) is 3.64. The molecule has 6 heteroatoms. The fourth-order valence-electron chi connectivity index (χ4n) is 2.31. The molecule has 0 radical (unpaired) electrons. The summed E-state index contributed by atoms with van der Waals surface area (Å²) >= 11 is 0. The second-order valence-electron chi connectivity index (χ2n) is 4.92. The van der Waals surface area contributed by atoms with E-state index >= 15 is 0 Å². The summed E-state index contributed by atoms with van der Waals surface area (Å²) in [7, 11) is -3.67. The lowest BCUT2D eigenvalue weighted by Crippen LogP contribution is -2.12. The number of pyridine rings is 1. The molecule has 2 aromatic heterocycles. The second kappa shape index (κ2) is 5.89. The maximum atomic E-state index is 12.7. The first-order valence-corrected chi connectivity index (χ1v) is 8.58. The minimum Gasteiger partial charge on any atom is -0.494 e. The fraction of sp³-hybridized carbons (Fsp3) is 0.118. The Balaban J connectivity index is 2.09. The van der Waals surface area contributed by atoms with Crippen LogP contribution in [0.15, 0.2) is 66.3 Å². The topological polar surface area (TPSA) is 61.2 Å². The van der Waals surface area contributed by atoms with E-state index in [0.29, 0.717) is 23.4 Å². The van der Waals surface area contributed by atoms with Gasteiger partial charge in [-0.15, -0.1) is 0 Å². The Kier molecular flexibility index (Phi) is 3.92. The molecule has 5 nitrogen and oxygen atoms in total. The van der Waals surface area contributed by atoms with E-state index in [2.05, 4.69) is 11.6 Å². The Bertz CT molecular complexity index is 960. The van der Waals surface area contributed by atoms with E-state index in [1.807, 2.05) is 13.0 Å². The molecule has 0 aliphatic heterocycles. The van der Waals surface area contributed by atoms with Crippen LogP contribution in [-0.2, 0) is 14.8 Å². The van der Waals surface area contributed by atoms with Gasteiger partial charge in [0.15, 0.2) is 5.65 Å². The molecule has 3 aromatic rings. The third-order valence-electron chi connectivity index (χ3n) is 3.43. The quantitative estimate of drug-likeness (QED) is 0.674. The lowest BCUT2D eigenvalue weighted by Gasteiger charge is -2.08. The number of nitrogens with zero attached hydrogens (tertiary/aromatic N) is 2. The van der Waals surface area contributed by atoms with Crippen LogP contribution < -0.4 is 0 Å². The zero-order chi connectivity index (χ0) is 16.4. The first-order chi connectivity index (χ1) is 11.0. The molecule has 0 saturated carbocycles. The average molecular weight is 328 g/mol. The van der Waals surface area contributed by atoms with Crippen LogP contribution in [0.5, 0.6) is 0 Å². The number of benzene rings is 1. The van der Waals surface area contributed by atoms with Crippen molar-refractivity contribution in [1.82, 2.24) is 8.96 Å². The molecular formula is C17H16N2O3S. The molecule has 0 saturated heterocycles. The summed E-state index contributed by atoms with van der Waals surface area (Å²) in [5.41, 5.74) is 1.11. The van der Waals surface area contributed by atoms with E-state index < -0.39 is 10.0 Å². The molecule has 0 N–H and O–H groups in total. The summed E-state index contributed by atoms with van der Waals surface area (Å²) < 4.78 is 32.0. The molecule has 3 rings (SSSR count). The molecule has 23 heavy (non-hydrogen) atoms. The van der Waals surface area contributed by atoms with E-state index in [1.165, 1.54) is 10.2 Å². The highest BCUT2D eigenvalue weighted by Gasteiger charge is 2.19. The Morgan fingerprint density at radius 3 is 2.70 bits per heavy atom. The molecule has 0 fully saturated rings. The van der Waals surface area contributed by atoms with Gasteiger partial charge < -0.3 is 4.74 Å². The SMILES string of the molecule is C=C(OCC)c1cnc2c(ccn2S(=O)(=O)c2ccccc2)c1. The van der Waals surface area contributed by atoms with Crippen LogP contribution >= 0.6 is 0 Å². The van der Waals surface area contributed by atoms with Crippen LogP contribution in [0.1, 0.15) is 12.5 Å². The van der Waals surface area contributed by atoms with Crippen molar-refractivity contribution < 1.29 is 13.2 Å². The van der Waals surface area contributed by atoms with Gasteiger partial charge in [-0.1, -0.05) is 24.8 Å². The summed E-state index contributed by atoms with van der Waals surface area (Å²) in [5, 5.41) is 0.711. The van der Waals surface area contributed by atoms with Gasteiger partial charge in [0.05, 0.1) is 11.5 Å². The van der Waals surface area contributed by atoms with Gasteiger partial charge in [0, 0.05) is 23.3 Å². The standard InChI is InChI=1S/C17H16N2O3S/c1-3-22-13(2)15-11-14-9-10-19(17(14)18-12-15)23(20,21)16-7-5-4-6-8-16/h4-12H,2-3H2,1H3. The van der Waals surface area contributed by atoms with E-state index in [4.69, 9.17) is 4.74 Å². The van der Waals surface area contributed by atoms with Crippen molar-refractivity contribution in [3.63, 3.8) is 0 Å². The smallest absolute Gasteiger partial charge is 0.269 e. The van der Waals surface area contributed by atoms with Crippen molar-refractivity contribution in [2.45, 2.75) is 11.8 Å². The zero-order valence-electron chi connectivity index (χ0n) is 12.6. The molecule has 118 valence electrons. The Hall–Kier alpha value is -2.60. The molecule has 1 aromatic carbocycles. The minimum absolute atomic E-state index is 0.224. The zero-order valence-corrected chi connectivity index (χ0v) is 13.5. The van der Waals surface area contributed by atoms with Gasteiger partial charge in [-0.2, -0.15) is 0 Å².